The second kappa shape index (κ2) is 5.96. The van der Waals surface area contributed by atoms with Gasteiger partial charge in [-0.2, -0.15) is 0 Å². The van der Waals surface area contributed by atoms with Crippen LogP contribution in [-0.4, -0.2) is 23.6 Å². The molecular weight excluding hydrogens is 198 g/mol. The van der Waals surface area contributed by atoms with E-state index in [1.165, 1.54) is 0 Å². The van der Waals surface area contributed by atoms with Gasteiger partial charge in [0.05, 0.1) is 6.61 Å². The molecule has 80 valence electrons. The summed E-state index contributed by atoms with van der Waals surface area (Å²) in [6, 6.07) is -0.0286. The van der Waals surface area contributed by atoms with E-state index in [0.29, 0.717) is 18.1 Å². The summed E-state index contributed by atoms with van der Waals surface area (Å²) in [6.45, 7) is 2.76. The summed E-state index contributed by atoms with van der Waals surface area (Å²) < 4.78 is 5.11. The lowest BCUT2D eigenvalue weighted by atomic mass is 10.2. The Morgan fingerprint density at radius 1 is 1.64 bits per heavy atom. The maximum absolute atomic E-state index is 11.4. The smallest absolute Gasteiger partial charge is 0.220 e. The first-order valence-electron chi connectivity index (χ1n) is 5.20. The molecular formula is C10H17NO2S. The first-order chi connectivity index (χ1) is 6.74. The SMILES string of the molecule is CCCCCC(=O)N[C@@H]1CCOC1=S. The highest BCUT2D eigenvalue weighted by molar-refractivity contribution is 7.80. The molecule has 0 aromatic rings. The number of hydrogen-bond acceptors (Lipinski definition) is 3. The first kappa shape index (κ1) is 11.4. The molecule has 14 heavy (non-hydrogen) atoms. The monoisotopic (exact) mass is 215 g/mol. The third-order valence-corrected chi connectivity index (χ3v) is 2.68. The minimum absolute atomic E-state index is 0.0286. The third-order valence-electron chi connectivity index (χ3n) is 2.28. The van der Waals surface area contributed by atoms with Crippen molar-refractivity contribution in [3.8, 4) is 0 Å². The van der Waals surface area contributed by atoms with E-state index in [-0.39, 0.29) is 11.9 Å². The quantitative estimate of drug-likeness (QED) is 0.561. The second-order valence-corrected chi connectivity index (χ2v) is 3.94. The molecule has 1 heterocycles. The van der Waals surface area contributed by atoms with Gasteiger partial charge in [0.25, 0.3) is 0 Å². The molecule has 0 saturated carbocycles. The van der Waals surface area contributed by atoms with Gasteiger partial charge < -0.3 is 10.1 Å². The number of hydrogen-bond donors (Lipinski definition) is 1. The zero-order valence-corrected chi connectivity index (χ0v) is 9.36. The fraction of sp³-hybridized carbons (Fsp3) is 0.800. The van der Waals surface area contributed by atoms with Crippen LogP contribution in [0.25, 0.3) is 0 Å². The number of carbonyl (C=O) groups excluding carboxylic acids is 1. The number of amides is 1. The van der Waals surface area contributed by atoms with Gasteiger partial charge in [-0.15, -0.1) is 0 Å². The van der Waals surface area contributed by atoms with E-state index in [4.69, 9.17) is 17.0 Å². The zero-order valence-electron chi connectivity index (χ0n) is 8.54. The summed E-state index contributed by atoms with van der Waals surface area (Å²) in [5.41, 5.74) is 0. The van der Waals surface area contributed by atoms with Crippen LogP contribution in [0.4, 0.5) is 0 Å². The largest absolute Gasteiger partial charge is 0.485 e. The van der Waals surface area contributed by atoms with Crippen LogP contribution >= 0.6 is 12.2 Å². The van der Waals surface area contributed by atoms with Gasteiger partial charge >= 0.3 is 0 Å². The molecule has 1 rings (SSSR count). The maximum atomic E-state index is 11.4. The van der Waals surface area contributed by atoms with Crippen LogP contribution in [0.15, 0.2) is 0 Å². The van der Waals surface area contributed by atoms with Crippen LogP contribution in [-0.2, 0) is 9.53 Å². The molecule has 0 aliphatic carbocycles. The predicted octanol–water partition coefficient (Wildman–Crippen LogP) is 1.80. The number of ether oxygens (including phenoxy) is 1. The Morgan fingerprint density at radius 2 is 2.43 bits per heavy atom. The molecule has 0 unspecified atom stereocenters. The summed E-state index contributed by atoms with van der Waals surface area (Å²) in [6.07, 6.45) is 4.63. The molecule has 0 spiro atoms. The van der Waals surface area contributed by atoms with Crippen LogP contribution in [0.2, 0.25) is 0 Å². The van der Waals surface area contributed by atoms with Crippen molar-refractivity contribution in [2.75, 3.05) is 6.61 Å². The summed E-state index contributed by atoms with van der Waals surface area (Å²) >= 11 is 4.96. The molecule has 1 aliphatic rings. The molecule has 1 N–H and O–H groups in total. The van der Waals surface area contributed by atoms with Gasteiger partial charge in [-0.3, -0.25) is 4.79 Å². The van der Waals surface area contributed by atoms with Crippen molar-refractivity contribution >= 4 is 23.2 Å². The molecule has 1 saturated heterocycles. The molecule has 0 bridgehead atoms. The Labute approximate surface area is 90.2 Å². The highest BCUT2D eigenvalue weighted by Crippen LogP contribution is 2.08. The Morgan fingerprint density at radius 3 is 3.00 bits per heavy atom. The van der Waals surface area contributed by atoms with E-state index >= 15 is 0 Å². The standard InChI is InChI=1S/C10H17NO2S/c1-2-3-4-5-9(12)11-8-6-7-13-10(8)14/h8H,2-7H2,1H3,(H,11,12)/t8-/m1/s1. The van der Waals surface area contributed by atoms with Gasteiger partial charge in [0.1, 0.15) is 6.04 Å². The van der Waals surface area contributed by atoms with Gasteiger partial charge in [0.2, 0.25) is 5.91 Å². The molecule has 1 fully saturated rings. The van der Waals surface area contributed by atoms with Crippen molar-refractivity contribution in [2.45, 2.75) is 45.1 Å². The fourth-order valence-electron chi connectivity index (χ4n) is 1.43. The molecule has 4 heteroatoms. The molecule has 0 aromatic heterocycles. The van der Waals surface area contributed by atoms with E-state index in [1.807, 2.05) is 0 Å². The van der Waals surface area contributed by atoms with E-state index in [1.54, 1.807) is 0 Å². The summed E-state index contributed by atoms with van der Waals surface area (Å²) in [4.78, 5) is 11.4. The number of carbonyl (C=O) groups is 1. The number of unbranched alkanes of at least 4 members (excludes halogenated alkanes) is 2. The molecule has 1 aliphatic heterocycles. The van der Waals surface area contributed by atoms with Crippen molar-refractivity contribution in [1.29, 1.82) is 0 Å². The zero-order chi connectivity index (χ0) is 10.4. The molecule has 1 amide bonds. The minimum atomic E-state index is -0.0286. The highest BCUT2D eigenvalue weighted by Gasteiger charge is 2.23. The van der Waals surface area contributed by atoms with Crippen molar-refractivity contribution in [3.05, 3.63) is 0 Å². The number of rotatable bonds is 5. The second-order valence-electron chi connectivity index (χ2n) is 3.53. The van der Waals surface area contributed by atoms with Crippen molar-refractivity contribution in [2.24, 2.45) is 0 Å². The molecule has 3 nitrogen and oxygen atoms in total. The Hall–Kier alpha value is -0.640. The molecule has 0 radical (unpaired) electrons. The van der Waals surface area contributed by atoms with Gasteiger partial charge in [-0.05, 0) is 18.6 Å². The van der Waals surface area contributed by atoms with E-state index in [9.17, 15) is 4.79 Å². The average molecular weight is 215 g/mol. The topological polar surface area (TPSA) is 38.3 Å². The van der Waals surface area contributed by atoms with Crippen LogP contribution < -0.4 is 5.32 Å². The molecule has 1 atom stereocenters. The van der Waals surface area contributed by atoms with E-state index < -0.39 is 0 Å². The van der Waals surface area contributed by atoms with Gasteiger partial charge in [-0.25, -0.2) is 0 Å². The van der Waals surface area contributed by atoms with Crippen molar-refractivity contribution < 1.29 is 9.53 Å². The number of thiocarbonyl (C=S) groups is 1. The van der Waals surface area contributed by atoms with Crippen molar-refractivity contribution in [3.63, 3.8) is 0 Å². The maximum Gasteiger partial charge on any atom is 0.220 e. The summed E-state index contributed by atoms with van der Waals surface area (Å²) in [7, 11) is 0. The first-order valence-corrected chi connectivity index (χ1v) is 5.61. The lowest BCUT2D eigenvalue weighted by molar-refractivity contribution is -0.121. The molecule has 0 aromatic carbocycles. The van der Waals surface area contributed by atoms with Gasteiger partial charge in [0, 0.05) is 12.8 Å². The Bertz CT molecular complexity index is 218. The average Bonchev–Trinajstić information content (AvgIpc) is 2.52. The van der Waals surface area contributed by atoms with Crippen LogP contribution in [0.3, 0.4) is 0 Å². The summed E-state index contributed by atoms with van der Waals surface area (Å²) in [5, 5.41) is 3.42. The van der Waals surface area contributed by atoms with E-state index in [2.05, 4.69) is 12.2 Å². The van der Waals surface area contributed by atoms with Crippen LogP contribution in [0, 0.1) is 0 Å². The third kappa shape index (κ3) is 3.62. The van der Waals surface area contributed by atoms with E-state index in [0.717, 1.165) is 25.7 Å². The minimum Gasteiger partial charge on any atom is -0.485 e. The predicted molar refractivity (Wildman–Crippen MR) is 59.2 cm³/mol. The summed E-state index contributed by atoms with van der Waals surface area (Å²) in [5.74, 6) is 0.0938. The lowest BCUT2D eigenvalue weighted by Gasteiger charge is -2.09. The fourth-order valence-corrected chi connectivity index (χ4v) is 1.69. The van der Waals surface area contributed by atoms with Gasteiger partial charge in [0.15, 0.2) is 5.05 Å². The number of nitrogens with one attached hydrogen (secondary N) is 1. The van der Waals surface area contributed by atoms with Gasteiger partial charge in [-0.1, -0.05) is 19.8 Å². The van der Waals surface area contributed by atoms with Crippen molar-refractivity contribution in [1.82, 2.24) is 5.32 Å². The van der Waals surface area contributed by atoms with Crippen LogP contribution in [0.5, 0.6) is 0 Å². The van der Waals surface area contributed by atoms with Crippen LogP contribution in [0.1, 0.15) is 39.0 Å². The Kier molecular flexibility index (Phi) is 4.87. The Balaban J connectivity index is 2.16. The highest BCUT2D eigenvalue weighted by atomic mass is 32.1. The lowest BCUT2D eigenvalue weighted by Crippen LogP contribution is -2.37. The normalized spacial score (nSPS) is 20.6.